The van der Waals surface area contributed by atoms with Crippen LogP contribution in [-0.4, -0.2) is 78.4 Å². The van der Waals surface area contributed by atoms with Crippen molar-refractivity contribution in [2.45, 2.75) is 39.2 Å². The summed E-state index contributed by atoms with van der Waals surface area (Å²) in [6.45, 7) is 9.34. The van der Waals surface area contributed by atoms with Gasteiger partial charge in [0, 0.05) is 50.0 Å². The second-order valence-electron chi connectivity index (χ2n) is 7.83. The number of piperazine rings is 1. The first kappa shape index (κ1) is 21.1. The predicted molar refractivity (Wildman–Crippen MR) is 113 cm³/mol. The fraction of sp³-hybridized carbons (Fsp3) is 0.619. The zero-order chi connectivity index (χ0) is 20.1. The van der Waals surface area contributed by atoms with Crippen molar-refractivity contribution in [2.75, 3.05) is 51.1 Å². The van der Waals surface area contributed by atoms with Gasteiger partial charge in [-0.05, 0) is 50.8 Å². The van der Waals surface area contributed by atoms with Crippen LogP contribution < -0.4 is 5.32 Å². The summed E-state index contributed by atoms with van der Waals surface area (Å²) in [5.74, 6) is 0.221. The van der Waals surface area contributed by atoms with Gasteiger partial charge in [-0.1, -0.05) is 17.7 Å². The normalized spacial score (nSPS) is 20.0. The number of benzene rings is 1. The maximum Gasteiger partial charge on any atom is 0.241 e. The number of likely N-dealkylation sites (tertiary alicyclic amines) is 1. The van der Waals surface area contributed by atoms with E-state index in [4.69, 9.17) is 11.6 Å². The zero-order valence-corrected chi connectivity index (χ0v) is 17.7. The summed E-state index contributed by atoms with van der Waals surface area (Å²) in [7, 11) is 0. The summed E-state index contributed by atoms with van der Waals surface area (Å²) in [5, 5.41) is 3.65. The third-order valence-corrected chi connectivity index (χ3v) is 6.34. The second-order valence-corrected chi connectivity index (χ2v) is 8.24. The molecular weight excluding hydrogens is 376 g/mol. The molecule has 1 atom stereocenters. The Morgan fingerprint density at radius 1 is 1.07 bits per heavy atom. The fourth-order valence-corrected chi connectivity index (χ4v) is 4.06. The van der Waals surface area contributed by atoms with Crippen molar-refractivity contribution in [1.82, 2.24) is 14.7 Å². The lowest BCUT2D eigenvalue weighted by Crippen LogP contribution is -2.54. The average molecular weight is 407 g/mol. The first-order valence-corrected chi connectivity index (χ1v) is 10.6. The molecule has 2 saturated heterocycles. The molecule has 0 bridgehead atoms. The van der Waals surface area contributed by atoms with Crippen molar-refractivity contribution in [3.05, 3.63) is 28.8 Å². The van der Waals surface area contributed by atoms with E-state index in [0.29, 0.717) is 11.6 Å². The summed E-state index contributed by atoms with van der Waals surface area (Å²) in [5.41, 5.74) is 1.64. The minimum absolute atomic E-state index is 0.0248. The number of carbonyl (C=O) groups is 2. The summed E-state index contributed by atoms with van der Waals surface area (Å²) in [4.78, 5) is 31.5. The number of nitrogens with one attached hydrogen (secondary N) is 1. The van der Waals surface area contributed by atoms with Crippen LogP contribution >= 0.6 is 11.6 Å². The Morgan fingerprint density at radius 2 is 1.75 bits per heavy atom. The van der Waals surface area contributed by atoms with Crippen molar-refractivity contribution < 1.29 is 9.59 Å². The van der Waals surface area contributed by atoms with Crippen LogP contribution in [0.5, 0.6) is 0 Å². The SMILES string of the molecule is Cc1c(Cl)cccc1NC(=O)C(C)N1CCN(CC(=O)N2CCCCC2)CC1. The molecule has 1 N–H and O–H groups in total. The molecular formula is C21H31ClN4O2. The van der Waals surface area contributed by atoms with Gasteiger partial charge in [0.15, 0.2) is 0 Å². The summed E-state index contributed by atoms with van der Waals surface area (Å²) >= 11 is 6.14. The van der Waals surface area contributed by atoms with E-state index < -0.39 is 0 Å². The van der Waals surface area contributed by atoms with Crippen molar-refractivity contribution in [3.63, 3.8) is 0 Å². The first-order chi connectivity index (χ1) is 13.5. The molecule has 3 rings (SSSR count). The number of rotatable bonds is 5. The van der Waals surface area contributed by atoms with E-state index in [9.17, 15) is 9.59 Å². The predicted octanol–water partition coefficient (Wildman–Crippen LogP) is 2.61. The van der Waals surface area contributed by atoms with Gasteiger partial charge in [0.1, 0.15) is 0 Å². The molecule has 154 valence electrons. The lowest BCUT2D eigenvalue weighted by molar-refractivity contribution is -0.134. The Morgan fingerprint density at radius 3 is 2.43 bits per heavy atom. The van der Waals surface area contributed by atoms with Crippen LogP contribution in [0.15, 0.2) is 18.2 Å². The standard InChI is InChI=1S/C21H31ClN4O2/c1-16-18(22)7-6-8-19(16)23-21(28)17(2)25-13-11-24(12-14-25)15-20(27)26-9-4-3-5-10-26/h6-8,17H,3-5,9-15H2,1-2H3,(H,23,28). The molecule has 2 fully saturated rings. The molecule has 2 amide bonds. The van der Waals surface area contributed by atoms with Gasteiger partial charge in [-0.3, -0.25) is 19.4 Å². The number of halogens is 1. The third-order valence-electron chi connectivity index (χ3n) is 5.93. The highest BCUT2D eigenvalue weighted by Gasteiger charge is 2.27. The summed E-state index contributed by atoms with van der Waals surface area (Å²) in [6.07, 6.45) is 3.48. The van der Waals surface area contributed by atoms with Crippen LogP contribution in [0.2, 0.25) is 5.02 Å². The molecule has 0 saturated carbocycles. The Hall–Kier alpha value is -1.63. The highest BCUT2D eigenvalue weighted by molar-refractivity contribution is 6.31. The molecule has 1 aromatic carbocycles. The maximum absolute atomic E-state index is 12.7. The van der Waals surface area contributed by atoms with Gasteiger partial charge < -0.3 is 10.2 Å². The number of carbonyl (C=O) groups excluding carboxylic acids is 2. The largest absolute Gasteiger partial charge is 0.342 e. The molecule has 0 aromatic heterocycles. The summed E-state index contributed by atoms with van der Waals surface area (Å²) < 4.78 is 0. The van der Waals surface area contributed by atoms with Crippen LogP contribution in [0, 0.1) is 6.92 Å². The van der Waals surface area contributed by atoms with Crippen LogP contribution in [0.4, 0.5) is 5.69 Å². The fourth-order valence-electron chi connectivity index (χ4n) is 3.89. The molecule has 2 aliphatic heterocycles. The number of anilines is 1. The van der Waals surface area contributed by atoms with Crippen LogP contribution in [0.1, 0.15) is 31.7 Å². The molecule has 2 aliphatic rings. The van der Waals surface area contributed by atoms with E-state index in [-0.39, 0.29) is 17.9 Å². The van der Waals surface area contributed by atoms with Crippen LogP contribution in [0.25, 0.3) is 0 Å². The van der Waals surface area contributed by atoms with Crippen molar-refractivity contribution >= 4 is 29.1 Å². The number of hydrogen-bond donors (Lipinski definition) is 1. The first-order valence-electron chi connectivity index (χ1n) is 10.3. The Labute approximate surface area is 172 Å². The van der Waals surface area contributed by atoms with Gasteiger partial charge in [-0.2, -0.15) is 0 Å². The van der Waals surface area contributed by atoms with Crippen LogP contribution in [0.3, 0.4) is 0 Å². The quantitative estimate of drug-likeness (QED) is 0.816. The third kappa shape index (κ3) is 5.25. The molecule has 0 radical (unpaired) electrons. The Kier molecular flexibility index (Phi) is 7.32. The topological polar surface area (TPSA) is 55.9 Å². The van der Waals surface area contributed by atoms with Crippen molar-refractivity contribution in [3.8, 4) is 0 Å². The molecule has 1 unspecified atom stereocenters. The monoisotopic (exact) mass is 406 g/mol. The van der Waals surface area contributed by atoms with E-state index in [2.05, 4.69) is 15.1 Å². The lowest BCUT2D eigenvalue weighted by Gasteiger charge is -2.38. The molecule has 1 aromatic rings. The Balaban J connectivity index is 1.46. The molecule has 0 aliphatic carbocycles. The highest BCUT2D eigenvalue weighted by atomic mass is 35.5. The van der Waals surface area contributed by atoms with E-state index in [0.717, 1.165) is 63.4 Å². The van der Waals surface area contributed by atoms with Gasteiger partial charge in [0.25, 0.3) is 0 Å². The number of piperidine rings is 1. The number of nitrogens with zero attached hydrogens (tertiary/aromatic N) is 3. The van der Waals surface area contributed by atoms with Gasteiger partial charge in [-0.15, -0.1) is 0 Å². The molecule has 2 heterocycles. The molecule has 0 spiro atoms. The Bertz CT molecular complexity index is 698. The minimum atomic E-state index is -0.224. The summed E-state index contributed by atoms with van der Waals surface area (Å²) in [6, 6.07) is 5.31. The van der Waals surface area contributed by atoms with Gasteiger partial charge in [0.05, 0.1) is 12.6 Å². The van der Waals surface area contributed by atoms with Crippen molar-refractivity contribution in [2.24, 2.45) is 0 Å². The second kappa shape index (κ2) is 9.72. The van der Waals surface area contributed by atoms with Crippen molar-refractivity contribution in [1.29, 1.82) is 0 Å². The van der Waals surface area contributed by atoms with E-state index in [1.54, 1.807) is 0 Å². The maximum atomic E-state index is 12.7. The smallest absolute Gasteiger partial charge is 0.241 e. The van der Waals surface area contributed by atoms with Gasteiger partial charge in [0.2, 0.25) is 11.8 Å². The van der Waals surface area contributed by atoms with E-state index >= 15 is 0 Å². The molecule has 28 heavy (non-hydrogen) atoms. The van der Waals surface area contributed by atoms with E-state index in [1.165, 1.54) is 6.42 Å². The van der Waals surface area contributed by atoms with E-state index in [1.807, 2.05) is 36.9 Å². The zero-order valence-electron chi connectivity index (χ0n) is 16.9. The van der Waals surface area contributed by atoms with Gasteiger partial charge in [-0.25, -0.2) is 0 Å². The van der Waals surface area contributed by atoms with Gasteiger partial charge >= 0.3 is 0 Å². The number of hydrogen-bond acceptors (Lipinski definition) is 4. The average Bonchev–Trinajstić information content (AvgIpc) is 2.72. The number of amides is 2. The minimum Gasteiger partial charge on any atom is -0.342 e. The molecule has 6 nitrogen and oxygen atoms in total. The van der Waals surface area contributed by atoms with Crippen LogP contribution in [-0.2, 0) is 9.59 Å². The highest BCUT2D eigenvalue weighted by Crippen LogP contribution is 2.23. The lowest BCUT2D eigenvalue weighted by atomic mass is 10.1. The molecule has 7 heteroatoms.